The fraction of sp³-hybridized carbons (Fsp3) is 0.667. The standard InChI is InChI=1S/C9H17N3O4/c1-3-16-7(13)4-5-11-8(14)6(2)12-9(10)15/h6H,3-5H2,1-2H3,(H,11,14)(H3,10,12,15). The van der Waals surface area contributed by atoms with E-state index in [0.29, 0.717) is 6.61 Å². The number of nitrogens with two attached hydrogens (primary N) is 1. The molecule has 0 saturated heterocycles. The third-order valence-corrected chi connectivity index (χ3v) is 1.69. The van der Waals surface area contributed by atoms with Crippen LogP contribution in [0.4, 0.5) is 4.79 Å². The second-order valence-electron chi connectivity index (χ2n) is 3.08. The van der Waals surface area contributed by atoms with Gasteiger partial charge in [-0.1, -0.05) is 0 Å². The summed E-state index contributed by atoms with van der Waals surface area (Å²) in [5.41, 5.74) is 4.84. The summed E-state index contributed by atoms with van der Waals surface area (Å²) < 4.78 is 4.67. The maximum Gasteiger partial charge on any atom is 0.312 e. The van der Waals surface area contributed by atoms with Crippen molar-refractivity contribution in [2.45, 2.75) is 26.3 Å². The number of hydrogen-bond acceptors (Lipinski definition) is 4. The molecule has 1 unspecified atom stereocenters. The number of rotatable bonds is 6. The lowest BCUT2D eigenvalue weighted by atomic mass is 10.3. The van der Waals surface area contributed by atoms with Crippen molar-refractivity contribution in [3.63, 3.8) is 0 Å². The summed E-state index contributed by atoms with van der Waals surface area (Å²) in [5, 5.41) is 4.68. The first-order chi connectivity index (χ1) is 7.47. The maximum atomic E-state index is 11.3. The van der Waals surface area contributed by atoms with Crippen LogP contribution in [0.3, 0.4) is 0 Å². The minimum Gasteiger partial charge on any atom is -0.466 e. The molecule has 0 aliphatic carbocycles. The van der Waals surface area contributed by atoms with Crippen molar-refractivity contribution < 1.29 is 19.1 Å². The third kappa shape index (κ3) is 6.63. The zero-order valence-corrected chi connectivity index (χ0v) is 9.41. The van der Waals surface area contributed by atoms with Gasteiger partial charge in [-0.05, 0) is 13.8 Å². The lowest BCUT2D eigenvalue weighted by molar-refractivity contribution is -0.143. The van der Waals surface area contributed by atoms with E-state index in [1.54, 1.807) is 6.92 Å². The SMILES string of the molecule is CCOC(=O)CCNC(=O)C(C)NC(N)=O. The smallest absolute Gasteiger partial charge is 0.312 e. The molecular weight excluding hydrogens is 214 g/mol. The first-order valence-corrected chi connectivity index (χ1v) is 4.96. The largest absolute Gasteiger partial charge is 0.466 e. The molecule has 3 amide bonds. The van der Waals surface area contributed by atoms with Gasteiger partial charge in [0.05, 0.1) is 13.0 Å². The molecule has 0 aliphatic heterocycles. The minimum atomic E-state index is -0.770. The highest BCUT2D eigenvalue weighted by atomic mass is 16.5. The van der Waals surface area contributed by atoms with Crippen molar-refractivity contribution in [3.8, 4) is 0 Å². The lowest BCUT2D eigenvalue weighted by Crippen LogP contribution is -2.47. The number of primary amides is 1. The van der Waals surface area contributed by atoms with Crippen LogP contribution in [0.1, 0.15) is 20.3 Å². The van der Waals surface area contributed by atoms with E-state index in [0.717, 1.165) is 0 Å². The lowest BCUT2D eigenvalue weighted by Gasteiger charge is -2.11. The van der Waals surface area contributed by atoms with E-state index in [1.165, 1.54) is 6.92 Å². The van der Waals surface area contributed by atoms with Crippen LogP contribution in [-0.4, -0.2) is 37.1 Å². The highest BCUT2D eigenvalue weighted by Gasteiger charge is 2.13. The predicted molar refractivity (Wildman–Crippen MR) is 56.4 cm³/mol. The Kier molecular flexibility index (Phi) is 6.66. The second-order valence-corrected chi connectivity index (χ2v) is 3.08. The van der Waals surface area contributed by atoms with Crippen LogP contribution in [0.5, 0.6) is 0 Å². The monoisotopic (exact) mass is 231 g/mol. The van der Waals surface area contributed by atoms with Crippen molar-refractivity contribution in [2.75, 3.05) is 13.2 Å². The molecule has 16 heavy (non-hydrogen) atoms. The highest BCUT2D eigenvalue weighted by Crippen LogP contribution is 1.86. The summed E-state index contributed by atoms with van der Waals surface area (Å²) in [6.07, 6.45) is 0.100. The van der Waals surface area contributed by atoms with Gasteiger partial charge < -0.3 is 21.1 Å². The van der Waals surface area contributed by atoms with E-state index in [1.807, 2.05) is 0 Å². The van der Waals surface area contributed by atoms with Crippen LogP contribution in [0.15, 0.2) is 0 Å². The molecule has 0 rings (SSSR count). The van der Waals surface area contributed by atoms with Gasteiger partial charge in [0.2, 0.25) is 5.91 Å². The number of esters is 1. The Morgan fingerprint density at radius 3 is 2.50 bits per heavy atom. The van der Waals surface area contributed by atoms with Crippen molar-refractivity contribution in [1.82, 2.24) is 10.6 Å². The van der Waals surface area contributed by atoms with Gasteiger partial charge in [0.1, 0.15) is 6.04 Å². The molecule has 1 atom stereocenters. The molecule has 0 aromatic carbocycles. The van der Waals surface area contributed by atoms with Crippen molar-refractivity contribution in [2.24, 2.45) is 5.73 Å². The molecule has 7 nitrogen and oxygen atoms in total. The van der Waals surface area contributed by atoms with E-state index in [-0.39, 0.29) is 18.9 Å². The molecule has 7 heteroatoms. The molecule has 92 valence electrons. The van der Waals surface area contributed by atoms with Crippen LogP contribution < -0.4 is 16.4 Å². The van der Waals surface area contributed by atoms with E-state index < -0.39 is 18.0 Å². The number of urea groups is 1. The minimum absolute atomic E-state index is 0.100. The quantitative estimate of drug-likeness (QED) is 0.515. The molecule has 0 aromatic rings. The second kappa shape index (κ2) is 7.49. The fourth-order valence-electron chi connectivity index (χ4n) is 0.953. The average molecular weight is 231 g/mol. The number of hydrogen-bond donors (Lipinski definition) is 3. The molecule has 0 radical (unpaired) electrons. The van der Waals surface area contributed by atoms with Gasteiger partial charge >= 0.3 is 12.0 Å². The number of carbonyl (C=O) groups is 3. The van der Waals surface area contributed by atoms with Crippen LogP contribution in [0, 0.1) is 0 Å². The number of nitrogens with one attached hydrogen (secondary N) is 2. The number of amides is 3. The predicted octanol–water partition coefficient (Wildman–Crippen LogP) is -0.887. The first-order valence-electron chi connectivity index (χ1n) is 4.96. The van der Waals surface area contributed by atoms with Crippen LogP contribution >= 0.6 is 0 Å². The normalized spacial score (nSPS) is 11.4. The summed E-state index contributed by atoms with van der Waals surface area (Å²) in [6.45, 7) is 3.68. The third-order valence-electron chi connectivity index (χ3n) is 1.69. The van der Waals surface area contributed by atoms with Crippen LogP contribution in [-0.2, 0) is 14.3 Å². The molecule has 0 aliphatic rings. The Hall–Kier alpha value is -1.79. The van der Waals surface area contributed by atoms with E-state index in [9.17, 15) is 14.4 Å². The highest BCUT2D eigenvalue weighted by molar-refractivity contribution is 5.86. The van der Waals surface area contributed by atoms with Gasteiger partial charge in [0.15, 0.2) is 0 Å². The summed E-state index contributed by atoms with van der Waals surface area (Å²) in [7, 11) is 0. The molecule has 0 saturated carbocycles. The van der Waals surface area contributed by atoms with E-state index >= 15 is 0 Å². The van der Waals surface area contributed by atoms with Gasteiger partial charge in [0, 0.05) is 6.54 Å². The summed E-state index contributed by atoms with van der Waals surface area (Å²) in [6, 6.07) is -1.49. The number of carbonyl (C=O) groups excluding carboxylic acids is 3. The Bertz CT molecular complexity index is 267. The molecular formula is C9H17N3O4. The maximum absolute atomic E-state index is 11.3. The Labute approximate surface area is 93.7 Å². The molecule has 0 aromatic heterocycles. The molecule has 0 fully saturated rings. The fourth-order valence-corrected chi connectivity index (χ4v) is 0.953. The Morgan fingerprint density at radius 1 is 1.38 bits per heavy atom. The van der Waals surface area contributed by atoms with Crippen molar-refractivity contribution >= 4 is 17.9 Å². The van der Waals surface area contributed by atoms with Gasteiger partial charge in [-0.15, -0.1) is 0 Å². The summed E-state index contributed by atoms with van der Waals surface area (Å²) in [5.74, 6) is -0.776. The summed E-state index contributed by atoms with van der Waals surface area (Å²) in [4.78, 5) is 32.6. The molecule has 4 N–H and O–H groups in total. The van der Waals surface area contributed by atoms with Crippen molar-refractivity contribution in [1.29, 1.82) is 0 Å². The van der Waals surface area contributed by atoms with Crippen molar-refractivity contribution in [3.05, 3.63) is 0 Å². The topological polar surface area (TPSA) is 111 Å². The molecule has 0 heterocycles. The van der Waals surface area contributed by atoms with Gasteiger partial charge in [-0.25, -0.2) is 4.79 Å². The first kappa shape index (κ1) is 14.2. The summed E-state index contributed by atoms with van der Waals surface area (Å²) >= 11 is 0. The number of ether oxygens (including phenoxy) is 1. The molecule has 0 bridgehead atoms. The van der Waals surface area contributed by atoms with Crippen LogP contribution in [0.25, 0.3) is 0 Å². The van der Waals surface area contributed by atoms with Gasteiger partial charge in [-0.3, -0.25) is 9.59 Å². The Morgan fingerprint density at radius 2 is 2.00 bits per heavy atom. The average Bonchev–Trinajstić information content (AvgIpc) is 2.16. The van der Waals surface area contributed by atoms with Gasteiger partial charge in [-0.2, -0.15) is 0 Å². The van der Waals surface area contributed by atoms with Gasteiger partial charge in [0.25, 0.3) is 0 Å². The van der Waals surface area contributed by atoms with Crippen LogP contribution in [0.2, 0.25) is 0 Å². The molecule has 0 spiro atoms. The zero-order valence-electron chi connectivity index (χ0n) is 9.41. The van der Waals surface area contributed by atoms with E-state index in [4.69, 9.17) is 5.73 Å². The zero-order chi connectivity index (χ0) is 12.6. The Balaban J connectivity index is 3.72. The van der Waals surface area contributed by atoms with E-state index in [2.05, 4.69) is 15.4 Å².